The Hall–Kier alpha value is -2.49. The highest BCUT2D eigenvalue weighted by molar-refractivity contribution is 5.98. The van der Waals surface area contributed by atoms with Crippen LogP contribution in [-0.2, 0) is 0 Å². The lowest BCUT2D eigenvalue weighted by Gasteiger charge is -2.14. The zero-order chi connectivity index (χ0) is 15.9. The molecule has 0 fully saturated rings. The van der Waals surface area contributed by atoms with Crippen molar-refractivity contribution in [3.05, 3.63) is 76.7 Å². The van der Waals surface area contributed by atoms with Crippen LogP contribution in [0.25, 0.3) is 0 Å². The van der Waals surface area contributed by atoms with Crippen LogP contribution in [0.1, 0.15) is 29.3 Å². The maximum Gasteiger partial charge on any atom is 0.181 e. The highest BCUT2D eigenvalue weighted by Gasteiger charge is 2.24. The lowest BCUT2D eigenvalue weighted by atomic mass is 9.95. The smallest absolute Gasteiger partial charge is 0.181 e. The van der Waals surface area contributed by atoms with Crippen molar-refractivity contribution in [1.29, 1.82) is 0 Å². The molecule has 0 saturated heterocycles. The molecule has 114 valence electrons. The highest BCUT2D eigenvalue weighted by atomic mass is 19.1. The van der Waals surface area contributed by atoms with Crippen LogP contribution >= 0.6 is 0 Å². The molecule has 0 aliphatic heterocycles. The number of hydrogen-bond acceptors (Lipinski definition) is 2. The van der Waals surface area contributed by atoms with E-state index in [4.69, 9.17) is 0 Å². The monoisotopic (exact) mass is 299 g/mol. The van der Waals surface area contributed by atoms with Gasteiger partial charge in [0.1, 0.15) is 5.82 Å². The van der Waals surface area contributed by atoms with Crippen LogP contribution in [0.15, 0.2) is 54.6 Å². The van der Waals surface area contributed by atoms with Crippen molar-refractivity contribution in [2.75, 3.05) is 6.54 Å². The number of halogens is 1. The molecule has 2 aromatic carbocycles. The number of Topliss-reactive ketones (excluding diaryl/α,β-unsaturated/α-hetero) is 1. The second-order valence-electron chi connectivity index (χ2n) is 5.09. The van der Waals surface area contributed by atoms with Crippen molar-refractivity contribution >= 4 is 12.0 Å². The number of hydroxylamine groups is 1. The van der Waals surface area contributed by atoms with Gasteiger partial charge in [0.25, 0.3) is 0 Å². The number of rotatable bonds is 6. The molecule has 0 aliphatic rings. The molecule has 0 spiro atoms. The molecule has 22 heavy (non-hydrogen) atoms. The third kappa shape index (κ3) is 4.01. The SMILES string of the molecule is CCC(C[N+]([O-])=Cc1ccccc1)C(=O)c1ccccc1F. The molecule has 2 aromatic rings. The molecule has 0 aromatic heterocycles. The fourth-order valence-electron chi connectivity index (χ4n) is 2.25. The number of carbonyl (C=O) groups excluding carboxylic acids is 1. The molecule has 0 radical (unpaired) electrons. The first kappa shape index (κ1) is 15.9. The molecule has 3 nitrogen and oxygen atoms in total. The average Bonchev–Trinajstić information content (AvgIpc) is 2.53. The molecule has 1 atom stereocenters. The standard InChI is InChI=1S/C18H18FNO2/c1-2-15(18(21)16-10-6-7-11-17(16)19)13-20(22)12-14-8-4-3-5-9-14/h3-12,15H,2,13H2,1H3. The first-order valence-electron chi connectivity index (χ1n) is 7.24. The molecule has 2 rings (SSSR count). The minimum Gasteiger partial charge on any atom is -0.624 e. The van der Waals surface area contributed by atoms with Crippen molar-refractivity contribution in [2.45, 2.75) is 13.3 Å². The second-order valence-corrected chi connectivity index (χ2v) is 5.09. The molecule has 0 aliphatic carbocycles. The zero-order valence-electron chi connectivity index (χ0n) is 12.4. The van der Waals surface area contributed by atoms with E-state index in [1.807, 2.05) is 37.3 Å². The van der Waals surface area contributed by atoms with E-state index in [2.05, 4.69) is 0 Å². The predicted molar refractivity (Wildman–Crippen MR) is 84.6 cm³/mol. The summed E-state index contributed by atoms with van der Waals surface area (Å²) >= 11 is 0. The third-order valence-corrected chi connectivity index (χ3v) is 3.50. The summed E-state index contributed by atoms with van der Waals surface area (Å²) in [7, 11) is 0. The third-order valence-electron chi connectivity index (χ3n) is 3.50. The molecule has 4 heteroatoms. The second kappa shape index (κ2) is 7.50. The number of hydrogen-bond donors (Lipinski definition) is 0. The lowest BCUT2D eigenvalue weighted by Crippen LogP contribution is -2.25. The summed E-state index contributed by atoms with van der Waals surface area (Å²) in [4.78, 5) is 12.4. The minimum atomic E-state index is -0.546. The van der Waals surface area contributed by atoms with Crippen LogP contribution in [0.5, 0.6) is 0 Å². The largest absolute Gasteiger partial charge is 0.624 e. The normalized spacial score (nSPS) is 12.9. The first-order valence-corrected chi connectivity index (χ1v) is 7.24. The molecular weight excluding hydrogens is 281 g/mol. The summed E-state index contributed by atoms with van der Waals surface area (Å²) in [5.74, 6) is -1.41. The van der Waals surface area contributed by atoms with E-state index in [1.54, 1.807) is 6.07 Å². The molecule has 0 N–H and O–H groups in total. The van der Waals surface area contributed by atoms with Gasteiger partial charge in [-0.25, -0.2) is 9.13 Å². The van der Waals surface area contributed by atoms with Crippen molar-refractivity contribution < 1.29 is 13.9 Å². The maximum atomic E-state index is 13.7. The fraction of sp³-hybridized carbons (Fsp3) is 0.222. The number of benzene rings is 2. The summed E-state index contributed by atoms with van der Waals surface area (Å²) in [6.07, 6.45) is 1.92. The summed E-state index contributed by atoms with van der Waals surface area (Å²) in [5.41, 5.74) is 0.813. The summed E-state index contributed by atoms with van der Waals surface area (Å²) in [6, 6.07) is 15.0. The van der Waals surface area contributed by atoms with Crippen LogP contribution < -0.4 is 0 Å². The molecule has 0 amide bonds. The van der Waals surface area contributed by atoms with Gasteiger partial charge in [0.15, 0.2) is 18.5 Å². The van der Waals surface area contributed by atoms with Gasteiger partial charge in [0.05, 0.1) is 11.5 Å². The minimum absolute atomic E-state index is 0.0125. The fourth-order valence-corrected chi connectivity index (χ4v) is 2.25. The van der Waals surface area contributed by atoms with Crippen LogP contribution in [0.4, 0.5) is 4.39 Å². The Kier molecular flexibility index (Phi) is 5.42. The lowest BCUT2D eigenvalue weighted by molar-refractivity contribution is -0.458. The van der Waals surface area contributed by atoms with Gasteiger partial charge in [0, 0.05) is 5.56 Å². The highest BCUT2D eigenvalue weighted by Crippen LogP contribution is 2.16. The molecule has 1 unspecified atom stereocenters. The predicted octanol–water partition coefficient (Wildman–Crippen LogP) is 3.66. The van der Waals surface area contributed by atoms with E-state index >= 15 is 0 Å². The Morgan fingerprint density at radius 1 is 1.18 bits per heavy atom. The Morgan fingerprint density at radius 2 is 1.82 bits per heavy atom. The van der Waals surface area contributed by atoms with E-state index in [0.717, 1.165) is 10.3 Å². The maximum absolute atomic E-state index is 13.7. The van der Waals surface area contributed by atoms with Crippen LogP contribution in [0.3, 0.4) is 0 Å². The first-order chi connectivity index (χ1) is 10.6. The molecular formula is C18H18FNO2. The zero-order valence-corrected chi connectivity index (χ0v) is 12.4. The van der Waals surface area contributed by atoms with Crippen molar-refractivity contribution in [3.8, 4) is 0 Å². The van der Waals surface area contributed by atoms with E-state index in [-0.39, 0.29) is 17.9 Å². The summed E-state index contributed by atoms with van der Waals surface area (Å²) in [6.45, 7) is 1.83. The van der Waals surface area contributed by atoms with Gasteiger partial charge in [-0.1, -0.05) is 37.3 Å². The summed E-state index contributed by atoms with van der Waals surface area (Å²) < 4.78 is 14.4. The van der Waals surface area contributed by atoms with Crippen LogP contribution in [0, 0.1) is 16.9 Å². The van der Waals surface area contributed by atoms with Gasteiger partial charge in [-0.2, -0.15) is 0 Å². The van der Waals surface area contributed by atoms with Gasteiger partial charge in [0.2, 0.25) is 0 Å². The van der Waals surface area contributed by atoms with Gasteiger partial charge < -0.3 is 5.21 Å². The van der Waals surface area contributed by atoms with Crippen molar-refractivity contribution in [2.24, 2.45) is 5.92 Å². The number of ketones is 1. The Bertz CT molecular complexity index is 668. The van der Waals surface area contributed by atoms with E-state index in [9.17, 15) is 14.4 Å². The topological polar surface area (TPSA) is 43.1 Å². The van der Waals surface area contributed by atoms with Gasteiger partial charge >= 0.3 is 0 Å². The van der Waals surface area contributed by atoms with Gasteiger partial charge in [-0.05, 0) is 30.7 Å². The van der Waals surface area contributed by atoms with Crippen molar-refractivity contribution in [3.63, 3.8) is 0 Å². The van der Waals surface area contributed by atoms with E-state index in [1.165, 1.54) is 24.4 Å². The number of nitrogens with zero attached hydrogens (tertiary/aromatic N) is 1. The van der Waals surface area contributed by atoms with Crippen molar-refractivity contribution in [1.82, 2.24) is 0 Å². The van der Waals surface area contributed by atoms with Gasteiger partial charge in [-0.3, -0.25) is 4.79 Å². The molecule has 0 bridgehead atoms. The van der Waals surface area contributed by atoms with E-state index in [0.29, 0.717) is 6.42 Å². The summed E-state index contributed by atoms with van der Waals surface area (Å²) in [5, 5.41) is 12.0. The van der Waals surface area contributed by atoms with Crippen LogP contribution in [-0.4, -0.2) is 23.3 Å². The average molecular weight is 299 g/mol. The van der Waals surface area contributed by atoms with E-state index < -0.39 is 11.7 Å². The quantitative estimate of drug-likeness (QED) is 0.268. The van der Waals surface area contributed by atoms with Crippen LogP contribution in [0.2, 0.25) is 0 Å². The Morgan fingerprint density at radius 3 is 2.45 bits per heavy atom. The number of carbonyl (C=O) groups is 1. The molecule has 0 heterocycles. The Balaban J connectivity index is 2.14. The Labute approximate surface area is 129 Å². The molecule has 0 saturated carbocycles. The van der Waals surface area contributed by atoms with Gasteiger partial charge in [-0.15, -0.1) is 0 Å².